The van der Waals surface area contributed by atoms with Crippen LogP contribution in [-0.2, 0) is 0 Å². The van der Waals surface area contributed by atoms with Crippen molar-refractivity contribution in [1.29, 1.82) is 5.26 Å². The van der Waals surface area contributed by atoms with Crippen LogP contribution in [0.25, 0.3) is 0 Å². The van der Waals surface area contributed by atoms with Crippen LogP contribution < -0.4 is 10.1 Å². The minimum atomic E-state index is 0.318. The molecule has 0 aromatic heterocycles. The number of anilines is 1. The molecule has 1 saturated carbocycles. The van der Waals surface area contributed by atoms with Gasteiger partial charge in [-0.15, -0.1) is 0 Å². The molecule has 0 spiro atoms. The van der Waals surface area contributed by atoms with E-state index in [2.05, 4.69) is 25.2 Å². The van der Waals surface area contributed by atoms with Gasteiger partial charge in [-0.2, -0.15) is 5.26 Å². The predicted molar refractivity (Wildman–Crippen MR) is 72.8 cm³/mol. The van der Waals surface area contributed by atoms with Gasteiger partial charge in [0.15, 0.2) is 0 Å². The molecule has 1 aliphatic rings. The second-order valence-electron chi connectivity index (χ2n) is 5.60. The molecule has 3 heteroatoms. The SMILES string of the molecule is COc1cc(C#N)ccc1NC1CCCC1(C)C. The van der Waals surface area contributed by atoms with E-state index in [1.165, 1.54) is 19.3 Å². The normalized spacial score (nSPS) is 21.3. The van der Waals surface area contributed by atoms with Crippen molar-refractivity contribution in [2.45, 2.75) is 39.2 Å². The Morgan fingerprint density at radius 1 is 1.44 bits per heavy atom. The monoisotopic (exact) mass is 244 g/mol. The van der Waals surface area contributed by atoms with Crippen LogP contribution in [0.3, 0.4) is 0 Å². The molecule has 0 heterocycles. The van der Waals surface area contributed by atoms with Gasteiger partial charge < -0.3 is 10.1 Å². The standard InChI is InChI=1S/C15H20N2O/c1-15(2)8-4-5-14(15)17-12-7-6-11(10-16)9-13(12)18-3/h6-7,9,14,17H,4-5,8H2,1-3H3. The van der Waals surface area contributed by atoms with E-state index in [1.54, 1.807) is 13.2 Å². The zero-order chi connectivity index (χ0) is 13.2. The number of hydrogen-bond acceptors (Lipinski definition) is 3. The molecule has 1 atom stereocenters. The third-order valence-electron chi connectivity index (χ3n) is 3.92. The Bertz CT molecular complexity index is 474. The molecular weight excluding hydrogens is 224 g/mol. The molecule has 2 rings (SSSR count). The topological polar surface area (TPSA) is 45.0 Å². The lowest BCUT2D eigenvalue weighted by Gasteiger charge is -2.29. The molecule has 3 nitrogen and oxygen atoms in total. The third kappa shape index (κ3) is 2.43. The number of nitriles is 1. The van der Waals surface area contributed by atoms with E-state index in [1.807, 2.05) is 12.1 Å². The summed E-state index contributed by atoms with van der Waals surface area (Å²) in [4.78, 5) is 0. The maximum atomic E-state index is 8.89. The molecule has 1 N–H and O–H groups in total. The smallest absolute Gasteiger partial charge is 0.143 e. The second-order valence-corrected chi connectivity index (χ2v) is 5.60. The Labute approximate surface area is 109 Å². The Morgan fingerprint density at radius 3 is 2.78 bits per heavy atom. The predicted octanol–water partition coefficient (Wildman–Crippen LogP) is 3.56. The van der Waals surface area contributed by atoms with E-state index in [4.69, 9.17) is 10.00 Å². The summed E-state index contributed by atoms with van der Waals surface area (Å²) in [7, 11) is 1.64. The molecule has 96 valence electrons. The first-order valence-electron chi connectivity index (χ1n) is 6.41. The van der Waals surface area contributed by atoms with Gasteiger partial charge in [0.25, 0.3) is 0 Å². The van der Waals surface area contributed by atoms with Crippen LogP contribution in [0, 0.1) is 16.7 Å². The van der Waals surface area contributed by atoms with Gasteiger partial charge in [-0.3, -0.25) is 0 Å². The first-order chi connectivity index (χ1) is 8.56. The molecule has 1 aromatic carbocycles. The van der Waals surface area contributed by atoms with Crippen LogP contribution in [0.5, 0.6) is 5.75 Å². The van der Waals surface area contributed by atoms with E-state index in [0.717, 1.165) is 11.4 Å². The van der Waals surface area contributed by atoms with Gasteiger partial charge in [0.1, 0.15) is 5.75 Å². The summed E-state index contributed by atoms with van der Waals surface area (Å²) in [6, 6.07) is 8.15. The highest BCUT2D eigenvalue weighted by Crippen LogP contribution is 2.40. The molecule has 0 saturated heterocycles. The zero-order valence-corrected chi connectivity index (χ0v) is 11.3. The third-order valence-corrected chi connectivity index (χ3v) is 3.92. The lowest BCUT2D eigenvalue weighted by atomic mass is 9.87. The first kappa shape index (κ1) is 12.8. The van der Waals surface area contributed by atoms with Crippen molar-refractivity contribution >= 4 is 5.69 Å². The van der Waals surface area contributed by atoms with E-state index in [9.17, 15) is 0 Å². The van der Waals surface area contributed by atoms with Crippen molar-refractivity contribution in [2.24, 2.45) is 5.41 Å². The second kappa shape index (κ2) is 4.89. The molecule has 1 aromatic rings. The van der Waals surface area contributed by atoms with Gasteiger partial charge in [-0.05, 0) is 30.4 Å². The van der Waals surface area contributed by atoms with E-state index >= 15 is 0 Å². The summed E-state index contributed by atoms with van der Waals surface area (Å²) >= 11 is 0. The number of methoxy groups -OCH3 is 1. The van der Waals surface area contributed by atoms with Gasteiger partial charge in [0.05, 0.1) is 24.4 Å². The van der Waals surface area contributed by atoms with Crippen molar-refractivity contribution in [3.63, 3.8) is 0 Å². The largest absolute Gasteiger partial charge is 0.495 e. The van der Waals surface area contributed by atoms with Crippen molar-refractivity contribution in [1.82, 2.24) is 0 Å². The Morgan fingerprint density at radius 2 is 2.22 bits per heavy atom. The van der Waals surface area contributed by atoms with Crippen molar-refractivity contribution in [3.05, 3.63) is 23.8 Å². The Balaban J connectivity index is 2.22. The van der Waals surface area contributed by atoms with Gasteiger partial charge in [-0.1, -0.05) is 20.3 Å². The van der Waals surface area contributed by atoms with Crippen molar-refractivity contribution < 1.29 is 4.74 Å². The number of nitrogens with zero attached hydrogens (tertiary/aromatic N) is 1. The molecule has 1 aliphatic carbocycles. The van der Waals surface area contributed by atoms with Crippen LogP contribution >= 0.6 is 0 Å². The lowest BCUT2D eigenvalue weighted by molar-refractivity contribution is 0.348. The lowest BCUT2D eigenvalue weighted by Crippen LogP contribution is -2.30. The van der Waals surface area contributed by atoms with Crippen LogP contribution in [0.4, 0.5) is 5.69 Å². The van der Waals surface area contributed by atoms with Crippen LogP contribution in [0.2, 0.25) is 0 Å². The molecule has 18 heavy (non-hydrogen) atoms. The average Bonchev–Trinajstić information content (AvgIpc) is 2.69. The minimum Gasteiger partial charge on any atom is -0.495 e. The van der Waals surface area contributed by atoms with Crippen LogP contribution in [-0.4, -0.2) is 13.2 Å². The van der Waals surface area contributed by atoms with Crippen molar-refractivity contribution in [2.75, 3.05) is 12.4 Å². The Hall–Kier alpha value is -1.69. The average molecular weight is 244 g/mol. The minimum absolute atomic E-state index is 0.318. The van der Waals surface area contributed by atoms with Gasteiger partial charge in [-0.25, -0.2) is 0 Å². The summed E-state index contributed by atoms with van der Waals surface area (Å²) in [5.74, 6) is 0.747. The number of benzene rings is 1. The Kier molecular flexibility index (Phi) is 3.47. The van der Waals surface area contributed by atoms with Gasteiger partial charge in [0, 0.05) is 12.1 Å². The number of ether oxygens (including phenoxy) is 1. The summed E-state index contributed by atoms with van der Waals surface area (Å²) in [6.07, 6.45) is 3.71. The molecule has 0 aliphatic heterocycles. The molecular formula is C15H20N2O. The maximum Gasteiger partial charge on any atom is 0.143 e. The molecule has 0 amide bonds. The summed E-state index contributed by atoms with van der Waals surface area (Å²) in [5, 5.41) is 12.5. The number of hydrogen-bond donors (Lipinski definition) is 1. The summed E-state index contributed by atoms with van der Waals surface area (Å²) in [6.45, 7) is 4.60. The summed E-state index contributed by atoms with van der Waals surface area (Å²) < 4.78 is 5.35. The van der Waals surface area contributed by atoms with Crippen LogP contribution in [0.1, 0.15) is 38.7 Å². The van der Waals surface area contributed by atoms with Gasteiger partial charge in [0.2, 0.25) is 0 Å². The zero-order valence-electron chi connectivity index (χ0n) is 11.3. The molecule has 1 unspecified atom stereocenters. The van der Waals surface area contributed by atoms with Crippen molar-refractivity contribution in [3.8, 4) is 11.8 Å². The molecule has 0 bridgehead atoms. The summed E-state index contributed by atoms with van der Waals surface area (Å²) in [5.41, 5.74) is 1.93. The highest BCUT2D eigenvalue weighted by molar-refractivity contribution is 5.60. The fourth-order valence-corrected chi connectivity index (χ4v) is 2.66. The van der Waals surface area contributed by atoms with E-state index in [-0.39, 0.29) is 0 Å². The highest BCUT2D eigenvalue weighted by atomic mass is 16.5. The number of rotatable bonds is 3. The van der Waals surface area contributed by atoms with Crippen LogP contribution in [0.15, 0.2) is 18.2 Å². The molecule has 0 radical (unpaired) electrons. The quantitative estimate of drug-likeness (QED) is 0.884. The fourth-order valence-electron chi connectivity index (χ4n) is 2.66. The van der Waals surface area contributed by atoms with Gasteiger partial charge >= 0.3 is 0 Å². The van der Waals surface area contributed by atoms with E-state index < -0.39 is 0 Å². The maximum absolute atomic E-state index is 8.89. The molecule has 1 fully saturated rings. The highest BCUT2D eigenvalue weighted by Gasteiger charge is 2.34. The first-order valence-corrected chi connectivity index (χ1v) is 6.41. The van der Waals surface area contributed by atoms with E-state index in [0.29, 0.717) is 17.0 Å². The fraction of sp³-hybridized carbons (Fsp3) is 0.533. The number of nitrogens with one attached hydrogen (secondary N) is 1.